The molecular formula is C29H31N5O5S. The second-order valence-corrected chi connectivity index (χ2v) is 11.1. The van der Waals surface area contributed by atoms with Crippen LogP contribution in [0.5, 0.6) is 0 Å². The summed E-state index contributed by atoms with van der Waals surface area (Å²) in [5.74, 6) is -0.409. The first-order chi connectivity index (χ1) is 19.2. The molecule has 0 aliphatic heterocycles. The minimum Gasteiger partial charge on any atom is -0.383 e. The average Bonchev–Trinajstić information content (AvgIpc) is 3.35. The first-order valence-corrected chi connectivity index (χ1v) is 14.0. The number of hydrogen-bond donors (Lipinski definition) is 2. The summed E-state index contributed by atoms with van der Waals surface area (Å²) >= 11 is 0. The van der Waals surface area contributed by atoms with Gasteiger partial charge in [0.25, 0.3) is 0 Å². The molecular weight excluding hydrogens is 530 g/mol. The van der Waals surface area contributed by atoms with Gasteiger partial charge < -0.3 is 15.4 Å². The van der Waals surface area contributed by atoms with Crippen molar-refractivity contribution >= 4 is 33.3 Å². The molecule has 4 aromatic rings. The lowest BCUT2D eigenvalue weighted by Gasteiger charge is -2.21. The van der Waals surface area contributed by atoms with E-state index in [1.54, 1.807) is 10.7 Å². The van der Waals surface area contributed by atoms with Gasteiger partial charge in [-0.3, -0.25) is 9.59 Å². The average molecular weight is 562 g/mol. The smallest absolute Gasteiger partial charge is 0.243 e. The molecule has 3 aromatic carbocycles. The maximum absolute atomic E-state index is 13.5. The van der Waals surface area contributed by atoms with Gasteiger partial charge in [-0.1, -0.05) is 48.0 Å². The summed E-state index contributed by atoms with van der Waals surface area (Å²) in [6.45, 7) is 2.96. The molecule has 0 fully saturated rings. The summed E-state index contributed by atoms with van der Waals surface area (Å²) in [6.07, 6.45) is 0. The van der Waals surface area contributed by atoms with Crippen molar-refractivity contribution in [3.8, 4) is 16.9 Å². The van der Waals surface area contributed by atoms with Crippen molar-refractivity contribution in [2.24, 2.45) is 0 Å². The Morgan fingerprint density at radius 3 is 2.25 bits per heavy atom. The van der Waals surface area contributed by atoms with Gasteiger partial charge >= 0.3 is 0 Å². The lowest BCUT2D eigenvalue weighted by Crippen LogP contribution is -2.40. The Morgan fingerprint density at radius 2 is 1.62 bits per heavy atom. The van der Waals surface area contributed by atoms with E-state index < -0.39 is 22.5 Å². The number of nitrogens with one attached hydrogen (secondary N) is 2. The number of aromatic nitrogens is 2. The lowest BCUT2D eigenvalue weighted by atomic mass is 10.1. The van der Waals surface area contributed by atoms with Crippen LogP contribution in [0.3, 0.4) is 0 Å². The highest BCUT2D eigenvalue weighted by Gasteiger charge is 2.27. The van der Waals surface area contributed by atoms with Gasteiger partial charge in [0.1, 0.15) is 5.82 Å². The van der Waals surface area contributed by atoms with Crippen LogP contribution in [0, 0.1) is 6.92 Å². The van der Waals surface area contributed by atoms with E-state index in [9.17, 15) is 18.0 Å². The summed E-state index contributed by atoms with van der Waals surface area (Å²) in [5.41, 5.74) is 3.81. The number of hydrogen-bond acceptors (Lipinski definition) is 6. The summed E-state index contributed by atoms with van der Waals surface area (Å²) in [5, 5.41) is 10.2. The van der Waals surface area contributed by atoms with Crippen molar-refractivity contribution in [2.75, 3.05) is 37.4 Å². The standard InChI is InChI=1S/C29H31N5O5S/c1-21-9-13-25(14-10-21)34-28(19-27(32-34)23-7-5-4-6-8-23)31-29(36)20-33(17-18-39-3)40(37,38)26-15-11-24(12-16-26)30-22(2)35/h4-16,19H,17-18,20H2,1-3H3,(H,30,35)(H,31,36). The second-order valence-electron chi connectivity index (χ2n) is 9.11. The molecule has 0 saturated heterocycles. The summed E-state index contributed by atoms with van der Waals surface area (Å²) in [6, 6.07) is 24.7. The van der Waals surface area contributed by atoms with Gasteiger partial charge in [-0.15, -0.1) is 0 Å². The Kier molecular flexibility index (Phi) is 9.10. The van der Waals surface area contributed by atoms with Crippen molar-refractivity contribution in [2.45, 2.75) is 18.7 Å². The van der Waals surface area contributed by atoms with Crippen LogP contribution in [0.15, 0.2) is 89.8 Å². The van der Waals surface area contributed by atoms with Crippen LogP contribution < -0.4 is 10.6 Å². The van der Waals surface area contributed by atoms with Gasteiger partial charge in [0.15, 0.2) is 0 Å². The molecule has 208 valence electrons. The molecule has 0 bridgehead atoms. The van der Waals surface area contributed by atoms with E-state index in [1.807, 2.05) is 61.5 Å². The van der Waals surface area contributed by atoms with E-state index >= 15 is 0 Å². The van der Waals surface area contributed by atoms with Crippen LogP contribution in [0.1, 0.15) is 12.5 Å². The zero-order valence-corrected chi connectivity index (χ0v) is 23.3. The van der Waals surface area contributed by atoms with E-state index in [0.717, 1.165) is 21.1 Å². The highest BCUT2D eigenvalue weighted by Crippen LogP contribution is 2.25. The number of aryl methyl sites for hydroxylation is 1. The van der Waals surface area contributed by atoms with E-state index in [1.165, 1.54) is 38.3 Å². The zero-order chi connectivity index (χ0) is 28.7. The normalized spacial score (nSPS) is 11.4. The molecule has 1 heterocycles. The van der Waals surface area contributed by atoms with Gasteiger partial charge in [0.05, 0.1) is 29.4 Å². The van der Waals surface area contributed by atoms with E-state index in [-0.39, 0.29) is 24.0 Å². The van der Waals surface area contributed by atoms with Gasteiger partial charge in [0, 0.05) is 37.9 Å². The van der Waals surface area contributed by atoms with Crippen molar-refractivity contribution in [3.63, 3.8) is 0 Å². The van der Waals surface area contributed by atoms with Crippen LogP contribution in [0.2, 0.25) is 0 Å². The third kappa shape index (κ3) is 7.00. The predicted molar refractivity (Wildman–Crippen MR) is 154 cm³/mol. The molecule has 0 aliphatic rings. The third-order valence-electron chi connectivity index (χ3n) is 6.00. The van der Waals surface area contributed by atoms with Crippen molar-refractivity contribution in [3.05, 3.63) is 90.5 Å². The third-order valence-corrected chi connectivity index (χ3v) is 7.86. The Labute approximate surface area is 233 Å². The van der Waals surface area contributed by atoms with Crippen LogP contribution in [0.25, 0.3) is 16.9 Å². The number of methoxy groups -OCH3 is 1. The number of nitrogens with zero attached hydrogens (tertiary/aromatic N) is 3. The summed E-state index contributed by atoms with van der Waals surface area (Å²) in [4.78, 5) is 24.6. The number of benzene rings is 3. The minimum atomic E-state index is -4.05. The molecule has 0 spiro atoms. The molecule has 2 amide bonds. The SMILES string of the molecule is COCCN(CC(=O)Nc1cc(-c2ccccc2)nn1-c1ccc(C)cc1)S(=O)(=O)c1ccc(NC(C)=O)cc1. The fourth-order valence-corrected chi connectivity index (χ4v) is 5.37. The molecule has 0 unspecified atom stereocenters. The highest BCUT2D eigenvalue weighted by atomic mass is 32.2. The van der Waals surface area contributed by atoms with Crippen LogP contribution >= 0.6 is 0 Å². The number of carbonyl (C=O) groups excluding carboxylic acids is 2. The van der Waals surface area contributed by atoms with Crippen LogP contribution in [0.4, 0.5) is 11.5 Å². The quantitative estimate of drug-likeness (QED) is 0.285. The van der Waals surface area contributed by atoms with E-state index in [2.05, 4.69) is 10.6 Å². The largest absolute Gasteiger partial charge is 0.383 e. The van der Waals surface area contributed by atoms with Gasteiger partial charge in [-0.2, -0.15) is 9.40 Å². The molecule has 11 heteroatoms. The summed E-state index contributed by atoms with van der Waals surface area (Å²) in [7, 11) is -2.60. The number of anilines is 2. The first-order valence-electron chi connectivity index (χ1n) is 12.6. The van der Waals surface area contributed by atoms with Gasteiger partial charge in [-0.05, 0) is 43.3 Å². The summed E-state index contributed by atoms with van der Waals surface area (Å²) < 4.78 is 34.7. The molecule has 4 rings (SSSR count). The molecule has 0 aliphatic carbocycles. The van der Waals surface area contributed by atoms with Crippen LogP contribution in [-0.4, -0.2) is 61.1 Å². The maximum Gasteiger partial charge on any atom is 0.243 e. The molecule has 2 N–H and O–H groups in total. The maximum atomic E-state index is 13.5. The topological polar surface area (TPSA) is 123 Å². The Bertz CT molecular complexity index is 1570. The minimum absolute atomic E-state index is 0.0124. The van der Waals surface area contributed by atoms with Gasteiger partial charge in [0.2, 0.25) is 21.8 Å². The predicted octanol–water partition coefficient (Wildman–Crippen LogP) is 4.08. The first kappa shape index (κ1) is 28.7. The molecule has 1 aromatic heterocycles. The number of ether oxygens (including phenoxy) is 1. The molecule has 40 heavy (non-hydrogen) atoms. The molecule has 0 radical (unpaired) electrons. The van der Waals surface area contributed by atoms with E-state index in [4.69, 9.17) is 9.84 Å². The van der Waals surface area contributed by atoms with Crippen molar-refractivity contribution in [1.29, 1.82) is 0 Å². The number of carbonyl (C=O) groups is 2. The molecule has 0 saturated carbocycles. The number of amides is 2. The molecule has 0 atom stereocenters. The Morgan fingerprint density at radius 1 is 0.950 bits per heavy atom. The molecule has 10 nitrogen and oxygen atoms in total. The van der Waals surface area contributed by atoms with Crippen LogP contribution in [-0.2, 0) is 24.3 Å². The van der Waals surface area contributed by atoms with E-state index in [0.29, 0.717) is 17.2 Å². The number of rotatable bonds is 11. The zero-order valence-electron chi connectivity index (χ0n) is 22.5. The highest BCUT2D eigenvalue weighted by molar-refractivity contribution is 7.89. The van der Waals surface area contributed by atoms with Gasteiger partial charge in [-0.25, -0.2) is 13.1 Å². The number of sulfonamides is 1. The Hall–Kier alpha value is -4.32. The fraction of sp³-hybridized carbons (Fsp3) is 0.207. The van der Waals surface area contributed by atoms with Crippen molar-refractivity contribution in [1.82, 2.24) is 14.1 Å². The monoisotopic (exact) mass is 561 g/mol. The fourth-order valence-electron chi connectivity index (χ4n) is 3.99. The Balaban J connectivity index is 1.60. The second kappa shape index (κ2) is 12.7. The lowest BCUT2D eigenvalue weighted by molar-refractivity contribution is -0.116. The van der Waals surface area contributed by atoms with Crippen molar-refractivity contribution < 1.29 is 22.7 Å².